The fourth-order valence-electron chi connectivity index (χ4n) is 1.38. The predicted octanol–water partition coefficient (Wildman–Crippen LogP) is 3.42. The van der Waals surface area contributed by atoms with Gasteiger partial charge in [0.25, 0.3) is 0 Å². The van der Waals surface area contributed by atoms with Crippen LogP contribution in [0.5, 0.6) is 11.5 Å². The van der Waals surface area contributed by atoms with E-state index in [4.69, 9.17) is 14.2 Å². The van der Waals surface area contributed by atoms with Crippen LogP contribution in [0.3, 0.4) is 0 Å². The molecule has 0 unspecified atom stereocenters. The lowest BCUT2D eigenvalue weighted by atomic mass is 10.1. The van der Waals surface area contributed by atoms with Crippen LogP contribution < -0.4 is 9.47 Å². The predicted molar refractivity (Wildman–Crippen MR) is 72.4 cm³/mol. The van der Waals surface area contributed by atoms with Gasteiger partial charge in [-0.1, -0.05) is 0 Å². The molecule has 0 atom stereocenters. The number of methoxy groups -OCH3 is 2. The molecular weight excluding hydrogens is 300 g/mol. The zero-order valence-electron chi connectivity index (χ0n) is 11.2. The van der Waals surface area contributed by atoms with Crippen molar-refractivity contribution in [1.29, 1.82) is 0 Å². The molecule has 0 aliphatic heterocycles. The molecule has 0 aliphatic rings. The molecule has 0 saturated carbocycles. The lowest BCUT2D eigenvalue weighted by Gasteiger charge is -2.21. The van der Waals surface area contributed by atoms with E-state index in [2.05, 4.69) is 15.9 Å². The van der Waals surface area contributed by atoms with Crippen LogP contribution in [0.2, 0.25) is 0 Å². The Morgan fingerprint density at radius 2 is 1.78 bits per heavy atom. The number of halogens is 1. The van der Waals surface area contributed by atoms with E-state index in [0.29, 0.717) is 21.5 Å². The second kappa shape index (κ2) is 5.61. The zero-order valence-corrected chi connectivity index (χ0v) is 12.8. The van der Waals surface area contributed by atoms with Gasteiger partial charge in [0.2, 0.25) is 0 Å². The smallest absolute Gasteiger partial charge is 0.342 e. The molecule has 0 saturated heterocycles. The minimum atomic E-state index is -0.558. The lowest BCUT2D eigenvalue weighted by molar-refractivity contribution is 0.00660. The molecule has 0 aliphatic carbocycles. The molecule has 4 nitrogen and oxygen atoms in total. The fourth-order valence-corrected chi connectivity index (χ4v) is 1.98. The quantitative estimate of drug-likeness (QED) is 0.801. The topological polar surface area (TPSA) is 44.8 Å². The van der Waals surface area contributed by atoms with Crippen LogP contribution in [0.15, 0.2) is 16.6 Å². The van der Waals surface area contributed by atoms with E-state index in [1.54, 1.807) is 12.1 Å². The molecule has 1 aromatic rings. The van der Waals surface area contributed by atoms with Gasteiger partial charge in [0.15, 0.2) is 0 Å². The van der Waals surface area contributed by atoms with Crippen LogP contribution in [-0.2, 0) is 4.74 Å². The van der Waals surface area contributed by atoms with Gasteiger partial charge in [-0.05, 0) is 48.8 Å². The summed E-state index contributed by atoms with van der Waals surface area (Å²) < 4.78 is 16.3. The molecule has 18 heavy (non-hydrogen) atoms. The van der Waals surface area contributed by atoms with Crippen LogP contribution in [-0.4, -0.2) is 25.8 Å². The van der Waals surface area contributed by atoms with Crippen LogP contribution >= 0.6 is 15.9 Å². The van der Waals surface area contributed by atoms with Gasteiger partial charge in [0.1, 0.15) is 22.7 Å². The molecule has 100 valence electrons. The van der Waals surface area contributed by atoms with Crippen LogP contribution in [0.1, 0.15) is 31.1 Å². The van der Waals surface area contributed by atoms with Gasteiger partial charge in [-0.15, -0.1) is 0 Å². The Balaban J connectivity index is 3.21. The SMILES string of the molecule is COc1cc(Br)c(OC)c(C(=O)OC(C)(C)C)c1. The number of benzene rings is 1. The van der Waals surface area contributed by atoms with Crippen molar-refractivity contribution in [2.24, 2.45) is 0 Å². The van der Waals surface area contributed by atoms with Crippen molar-refractivity contribution in [2.75, 3.05) is 14.2 Å². The summed E-state index contributed by atoms with van der Waals surface area (Å²) in [5.74, 6) is 0.549. The van der Waals surface area contributed by atoms with E-state index >= 15 is 0 Å². The van der Waals surface area contributed by atoms with E-state index in [0.717, 1.165) is 0 Å². The highest BCUT2D eigenvalue weighted by Crippen LogP contribution is 2.34. The largest absolute Gasteiger partial charge is 0.497 e. The highest BCUT2D eigenvalue weighted by atomic mass is 79.9. The maximum atomic E-state index is 12.1. The summed E-state index contributed by atoms with van der Waals surface area (Å²) in [6.45, 7) is 5.44. The Kier molecular flexibility index (Phi) is 4.62. The molecule has 0 fully saturated rings. The summed E-state index contributed by atoms with van der Waals surface area (Å²) in [6, 6.07) is 3.32. The number of esters is 1. The average Bonchev–Trinajstić information content (AvgIpc) is 2.25. The zero-order chi connectivity index (χ0) is 13.9. The Bertz CT molecular complexity index is 449. The first kappa shape index (κ1) is 14.8. The molecule has 0 N–H and O–H groups in total. The van der Waals surface area contributed by atoms with Gasteiger partial charge in [-0.2, -0.15) is 0 Å². The normalized spacial score (nSPS) is 11.0. The Labute approximate surface area is 115 Å². The van der Waals surface area contributed by atoms with Crippen LogP contribution in [0.4, 0.5) is 0 Å². The average molecular weight is 317 g/mol. The van der Waals surface area contributed by atoms with Crippen LogP contribution in [0.25, 0.3) is 0 Å². The summed E-state index contributed by atoms with van der Waals surface area (Å²) in [5, 5.41) is 0. The summed E-state index contributed by atoms with van der Waals surface area (Å²) in [6.07, 6.45) is 0. The third kappa shape index (κ3) is 3.63. The lowest BCUT2D eigenvalue weighted by Crippen LogP contribution is -2.24. The highest BCUT2D eigenvalue weighted by Gasteiger charge is 2.23. The van der Waals surface area contributed by atoms with Crippen molar-refractivity contribution in [3.05, 3.63) is 22.2 Å². The minimum absolute atomic E-state index is 0.332. The number of carbonyl (C=O) groups excluding carboxylic acids is 1. The van der Waals surface area contributed by atoms with Gasteiger partial charge < -0.3 is 14.2 Å². The second-order valence-corrected chi connectivity index (χ2v) is 5.55. The number of hydrogen-bond acceptors (Lipinski definition) is 4. The molecule has 0 spiro atoms. The van der Waals surface area contributed by atoms with Gasteiger partial charge >= 0.3 is 5.97 Å². The van der Waals surface area contributed by atoms with Crippen molar-refractivity contribution >= 4 is 21.9 Å². The Morgan fingerprint density at radius 3 is 2.22 bits per heavy atom. The third-order valence-electron chi connectivity index (χ3n) is 2.08. The van der Waals surface area contributed by atoms with Gasteiger partial charge in [-0.3, -0.25) is 0 Å². The molecule has 0 aromatic heterocycles. The fraction of sp³-hybridized carbons (Fsp3) is 0.462. The molecular formula is C13H17BrO4. The molecule has 0 amide bonds. The van der Waals surface area contributed by atoms with E-state index < -0.39 is 11.6 Å². The first-order valence-electron chi connectivity index (χ1n) is 5.43. The molecule has 0 bridgehead atoms. The van der Waals surface area contributed by atoms with Crippen LogP contribution in [0, 0.1) is 0 Å². The van der Waals surface area contributed by atoms with E-state index in [1.165, 1.54) is 14.2 Å². The first-order chi connectivity index (χ1) is 8.28. The molecule has 5 heteroatoms. The van der Waals surface area contributed by atoms with Gasteiger partial charge in [-0.25, -0.2) is 4.79 Å². The van der Waals surface area contributed by atoms with E-state index in [-0.39, 0.29) is 0 Å². The van der Waals surface area contributed by atoms with Crippen molar-refractivity contribution in [3.63, 3.8) is 0 Å². The summed E-state index contributed by atoms with van der Waals surface area (Å²) >= 11 is 3.33. The molecule has 0 heterocycles. The van der Waals surface area contributed by atoms with Gasteiger partial charge in [0, 0.05) is 0 Å². The number of hydrogen-bond donors (Lipinski definition) is 0. The monoisotopic (exact) mass is 316 g/mol. The third-order valence-corrected chi connectivity index (χ3v) is 2.66. The van der Waals surface area contributed by atoms with E-state index in [9.17, 15) is 4.79 Å². The first-order valence-corrected chi connectivity index (χ1v) is 6.22. The molecule has 1 rings (SSSR count). The number of rotatable bonds is 3. The molecule has 0 radical (unpaired) electrons. The van der Waals surface area contributed by atoms with Crippen molar-refractivity contribution in [1.82, 2.24) is 0 Å². The van der Waals surface area contributed by atoms with Crippen molar-refractivity contribution in [3.8, 4) is 11.5 Å². The molecule has 1 aromatic carbocycles. The Hall–Kier alpha value is -1.23. The number of carbonyl (C=O) groups is 1. The van der Waals surface area contributed by atoms with Crippen molar-refractivity contribution < 1.29 is 19.0 Å². The highest BCUT2D eigenvalue weighted by molar-refractivity contribution is 9.10. The standard InChI is InChI=1S/C13H17BrO4/c1-13(2,3)18-12(15)9-6-8(16-4)7-10(14)11(9)17-5/h6-7H,1-5H3. The second-order valence-electron chi connectivity index (χ2n) is 4.69. The minimum Gasteiger partial charge on any atom is -0.497 e. The number of ether oxygens (including phenoxy) is 3. The summed E-state index contributed by atoms with van der Waals surface area (Å²) in [4.78, 5) is 12.1. The Morgan fingerprint density at radius 1 is 1.17 bits per heavy atom. The summed E-state index contributed by atoms with van der Waals surface area (Å²) in [5.41, 5.74) is -0.226. The maximum absolute atomic E-state index is 12.1. The van der Waals surface area contributed by atoms with E-state index in [1.807, 2.05) is 20.8 Å². The summed E-state index contributed by atoms with van der Waals surface area (Å²) in [7, 11) is 3.04. The van der Waals surface area contributed by atoms with Crippen molar-refractivity contribution in [2.45, 2.75) is 26.4 Å². The maximum Gasteiger partial charge on any atom is 0.342 e. The van der Waals surface area contributed by atoms with Gasteiger partial charge in [0.05, 0.1) is 18.7 Å².